The maximum atomic E-state index is 12.2. The maximum Gasteiger partial charge on any atom is 0.255 e. The average Bonchev–Trinajstić information content (AvgIpc) is 2.94. The minimum atomic E-state index is -0.150. The predicted molar refractivity (Wildman–Crippen MR) is 88.5 cm³/mol. The molecule has 1 heterocycles. The van der Waals surface area contributed by atoms with Gasteiger partial charge in [0.25, 0.3) is 5.91 Å². The molecule has 1 amide bonds. The van der Waals surface area contributed by atoms with Crippen LogP contribution in [0.5, 0.6) is 0 Å². The molecule has 0 spiro atoms. The molecule has 3 aromatic rings. The molecule has 0 saturated heterocycles. The molecule has 0 atom stereocenters. The lowest BCUT2D eigenvalue weighted by Crippen LogP contribution is -2.11. The van der Waals surface area contributed by atoms with Crippen LogP contribution in [0.15, 0.2) is 59.3 Å². The van der Waals surface area contributed by atoms with E-state index in [1.54, 1.807) is 18.5 Å². The highest BCUT2D eigenvalue weighted by Crippen LogP contribution is 2.20. The van der Waals surface area contributed by atoms with Gasteiger partial charge in [-0.2, -0.15) is 0 Å². The van der Waals surface area contributed by atoms with E-state index in [0.717, 1.165) is 15.9 Å². The Balaban J connectivity index is 1.82. The van der Waals surface area contributed by atoms with Gasteiger partial charge in [-0.1, -0.05) is 28.1 Å². The van der Waals surface area contributed by atoms with Gasteiger partial charge in [0.15, 0.2) is 5.82 Å². The Hall–Kier alpha value is -2.47. The molecule has 0 aliphatic carbocycles. The molecule has 0 aliphatic rings. The van der Waals surface area contributed by atoms with Crippen LogP contribution in [0.25, 0.3) is 11.4 Å². The highest BCUT2D eigenvalue weighted by molar-refractivity contribution is 9.10. The minimum absolute atomic E-state index is 0.150. The SMILES string of the molecule is Cn1cnnc1-c1cccc(NC(=O)c2ccc(Br)cc2)c1. The number of nitrogens with one attached hydrogen (secondary N) is 1. The first kappa shape index (κ1) is 14.5. The maximum absolute atomic E-state index is 12.2. The molecule has 0 fully saturated rings. The predicted octanol–water partition coefficient (Wildman–Crippen LogP) is 3.50. The van der Waals surface area contributed by atoms with Crippen molar-refractivity contribution >= 4 is 27.5 Å². The number of aryl methyl sites for hydroxylation is 1. The zero-order valence-electron chi connectivity index (χ0n) is 11.8. The Kier molecular flexibility index (Phi) is 4.02. The first-order chi connectivity index (χ1) is 10.6. The smallest absolute Gasteiger partial charge is 0.255 e. The number of benzene rings is 2. The van der Waals surface area contributed by atoms with Crippen molar-refractivity contribution in [2.45, 2.75) is 0 Å². The van der Waals surface area contributed by atoms with Crippen molar-refractivity contribution in [3.63, 3.8) is 0 Å². The molecule has 2 aromatic carbocycles. The Bertz CT molecular complexity index is 811. The van der Waals surface area contributed by atoms with Gasteiger partial charge in [-0.25, -0.2) is 0 Å². The Morgan fingerprint density at radius 1 is 1.18 bits per heavy atom. The normalized spacial score (nSPS) is 10.5. The molecule has 0 saturated carbocycles. The van der Waals surface area contributed by atoms with E-state index in [1.165, 1.54) is 0 Å². The van der Waals surface area contributed by atoms with Gasteiger partial charge in [0, 0.05) is 28.3 Å². The standard InChI is InChI=1S/C16H13BrN4O/c1-21-10-18-20-15(21)12-3-2-4-14(9-12)19-16(22)11-5-7-13(17)8-6-11/h2-10H,1H3,(H,19,22). The zero-order valence-corrected chi connectivity index (χ0v) is 13.4. The molecule has 0 unspecified atom stereocenters. The van der Waals surface area contributed by atoms with Gasteiger partial charge in [-0.3, -0.25) is 4.79 Å². The summed E-state index contributed by atoms with van der Waals surface area (Å²) in [6.07, 6.45) is 1.64. The highest BCUT2D eigenvalue weighted by atomic mass is 79.9. The average molecular weight is 357 g/mol. The second-order valence-electron chi connectivity index (χ2n) is 4.81. The van der Waals surface area contributed by atoms with Crippen molar-refractivity contribution in [2.24, 2.45) is 7.05 Å². The molecule has 3 rings (SSSR count). The van der Waals surface area contributed by atoms with Gasteiger partial charge in [-0.15, -0.1) is 10.2 Å². The number of aromatic nitrogens is 3. The van der Waals surface area contributed by atoms with Crippen LogP contribution in [0.2, 0.25) is 0 Å². The van der Waals surface area contributed by atoms with E-state index in [1.807, 2.05) is 48.0 Å². The van der Waals surface area contributed by atoms with Crippen molar-refractivity contribution in [1.29, 1.82) is 0 Å². The molecule has 0 aliphatic heterocycles. The fourth-order valence-corrected chi connectivity index (χ4v) is 2.35. The molecule has 110 valence electrons. The third kappa shape index (κ3) is 3.07. The van der Waals surface area contributed by atoms with Crippen LogP contribution in [0, 0.1) is 0 Å². The Morgan fingerprint density at radius 2 is 1.95 bits per heavy atom. The van der Waals surface area contributed by atoms with E-state index in [2.05, 4.69) is 31.4 Å². The number of amides is 1. The summed E-state index contributed by atoms with van der Waals surface area (Å²) in [5, 5.41) is 10.8. The van der Waals surface area contributed by atoms with E-state index >= 15 is 0 Å². The summed E-state index contributed by atoms with van der Waals surface area (Å²) < 4.78 is 2.77. The number of halogens is 1. The molecule has 1 N–H and O–H groups in total. The second-order valence-corrected chi connectivity index (χ2v) is 5.72. The van der Waals surface area contributed by atoms with Crippen LogP contribution in [-0.4, -0.2) is 20.7 Å². The molecule has 6 heteroatoms. The van der Waals surface area contributed by atoms with Crippen LogP contribution < -0.4 is 5.32 Å². The summed E-state index contributed by atoms with van der Waals surface area (Å²) in [4.78, 5) is 12.2. The highest BCUT2D eigenvalue weighted by Gasteiger charge is 2.08. The third-order valence-electron chi connectivity index (χ3n) is 3.20. The van der Waals surface area contributed by atoms with E-state index in [-0.39, 0.29) is 5.91 Å². The van der Waals surface area contributed by atoms with Crippen molar-refractivity contribution in [3.8, 4) is 11.4 Å². The summed E-state index contributed by atoms with van der Waals surface area (Å²) in [6, 6.07) is 14.7. The first-order valence-electron chi connectivity index (χ1n) is 6.65. The lowest BCUT2D eigenvalue weighted by atomic mass is 10.1. The van der Waals surface area contributed by atoms with E-state index in [9.17, 15) is 4.79 Å². The summed E-state index contributed by atoms with van der Waals surface area (Å²) in [7, 11) is 1.88. The summed E-state index contributed by atoms with van der Waals surface area (Å²) >= 11 is 3.35. The quantitative estimate of drug-likeness (QED) is 0.781. The van der Waals surface area contributed by atoms with Gasteiger partial charge in [-0.05, 0) is 36.4 Å². The number of carbonyl (C=O) groups is 1. The van der Waals surface area contributed by atoms with Crippen molar-refractivity contribution in [1.82, 2.24) is 14.8 Å². The lowest BCUT2D eigenvalue weighted by Gasteiger charge is -2.07. The minimum Gasteiger partial charge on any atom is -0.322 e. The Labute approximate surface area is 136 Å². The van der Waals surface area contributed by atoms with Crippen LogP contribution in [-0.2, 0) is 7.05 Å². The second kappa shape index (κ2) is 6.11. The zero-order chi connectivity index (χ0) is 15.5. The van der Waals surface area contributed by atoms with Crippen molar-refractivity contribution < 1.29 is 4.79 Å². The van der Waals surface area contributed by atoms with E-state index in [0.29, 0.717) is 11.3 Å². The van der Waals surface area contributed by atoms with Crippen molar-refractivity contribution in [3.05, 3.63) is 64.9 Å². The fourth-order valence-electron chi connectivity index (χ4n) is 2.09. The number of rotatable bonds is 3. The summed E-state index contributed by atoms with van der Waals surface area (Å²) in [5.74, 6) is 0.599. The van der Waals surface area contributed by atoms with Crippen LogP contribution >= 0.6 is 15.9 Å². The summed E-state index contributed by atoms with van der Waals surface area (Å²) in [5.41, 5.74) is 2.22. The van der Waals surface area contributed by atoms with Gasteiger partial charge >= 0.3 is 0 Å². The molecule has 0 bridgehead atoms. The van der Waals surface area contributed by atoms with Gasteiger partial charge in [0.2, 0.25) is 0 Å². The fraction of sp³-hybridized carbons (Fsp3) is 0.0625. The lowest BCUT2D eigenvalue weighted by molar-refractivity contribution is 0.102. The third-order valence-corrected chi connectivity index (χ3v) is 3.73. The molecule has 0 radical (unpaired) electrons. The van der Waals surface area contributed by atoms with Crippen LogP contribution in [0.4, 0.5) is 5.69 Å². The molecule has 22 heavy (non-hydrogen) atoms. The van der Waals surface area contributed by atoms with Crippen LogP contribution in [0.1, 0.15) is 10.4 Å². The van der Waals surface area contributed by atoms with Crippen molar-refractivity contribution in [2.75, 3.05) is 5.32 Å². The number of nitrogens with zero attached hydrogens (tertiary/aromatic N) is 3. The van der Waals surface area contributed by atoms with E-state index in [4.69, 9.17) is 0 Å². The number of hydrogen-bond acceptors (Lipinski definition) is 3. The summed E-state index contributed by atoms with van der Waals surface area (Å²) in [6.45, 7) is 0. The van der Waals surface area contributed by atoms with E-state index < -0.39 is 0 Å². The molecule has 5 nitrogen and oxygen atoms in total. The topological polar surface area (TPSA) is 59.8 Å². The molecule has 1 aromatic heterocycles. The number of hydrogen-bond donors (Lipinski definition) is 1. The molecular weight excluding hydrogens is 344 g/mol. The number of anilines is 1. The van der Waals surface area contributed by atoms with Crippen LogP contribution in [0.3, 0.4) is 0 Å². The monoisotopic (exact) mass is 356 g/mol. The van der Waals surface area contributed by atoms with Gasteiger partial charge in [0.1, 0.15) is 6.33 Å². The largest absolute Gasteiger partial charge is 0.322 e. The van der Waals surface area contributed by atoms with Gasteiger partial charge in [0.05, 0.1) is 0 Å². The first-order valence-corrected chi connectivity index (χ1v) is 7.44. The Morgan fingerprint density at radius 3 is 2.64 bits per heavy atom. The number of carbonyl (C=O) groups excluding carboxylic acids is 1. The van der Waals surface area contributed by atoms with Gasteiger partial charge < -0.3 is 9.88 Å². The molecular formula is C16H13BrN4O.